The largest absolute Gasteiger partial charge is 0.493 e. The maximum Gasteiger partial charge on any atom is 0.211 e. The lowest BCUT2D eigenvalue weighted by Gasteiger charge is -2.07. The van der Waals surface area contributed by atoms with Crippen LogP contribution < -0.4 is 16.2 Å². The van der Waals surface area contributed by atoms with Gasteiger partial charge in [0, 0.05) is 5.56 Å². The van der Waals surface area contributed by atoms with Crippen LogP contribution in [0.2, 0.25) is 0 Å². The molecule has 92 valence electrons. The van der Waals surface area contributed by atoms with E-state index in [4.69, 9.17) is 16.2 Å². The van der Waals surface area contributed by atoms with Gasteiger partial charge in [0.2, 0.25) is 5.96 Å². The molecule has 0 aliphatic carbocycles. The van der Waals surface area contributed by atoms with E-state index < -0.39 is 0 Å². The molecule has 0 fully saturated rings. The topological polar surface area (TPSA) is 86.0 Å². The van der Waals surface area contributed by atoms with Crippen LogP contribution >= 0.6 is 0 Å². The summed E-state index contributed by atoms with van der Waals surface area (Å²) < 4.78 is 5.63. The van der Waals surface area contributed by atoms with E-state index >= 15 is 0 Å². The van der Waals surface area contributed by atoms with Crippen molar-refractivity contribution in [3.63, 3.8) is 0 Å². The minimum absolute atomic E-state index is 0.0642. The van der Waals surface area contributed by atoms with Crippen LogP contribution in [0.5, 0.6) is 5.75 Å². The smallest absolute Gasteiger partial charge is 0.211 e. The van der Waals surface area contributed by atoms with E-state index in [-0.39, 0.29) is 5.96 Å². The number of hydrogen-bond acceptors (Lipinski definition) is 3. The van der Waals surface area contributed by atoms with Gasteiger partial charge in [-0.15, -0.1) is 5.10 Å². The van der Waals surface area contributed by atoms with Gasteiger partial charge in [0.1, 0.15) is 5.75 Å². The third kappa shape index (κ3) is 5.01. The lowest BCUT2D eigenvalue weighted by atomic mass is 10.2. The van der Waals surface area contributed by atoms with Crippen LogP contribution in [-0.4, -0.2) is 18.8 Å². The van der Waals surface area contributed by atoms with Gasteiger partial charge in [0.05, 0.1) is 12.8 Å². The van der Waals surface area contributed by atoms with Crippen molar-refractivity contribution in [2.75, 3.05) is 6.61 Å². The van der Waals surface area contributed by atoms with Crippen molar-refractivity contribution < 1.29 is 4.74 Å². The molecule has 0 heterocycles. The third-order valence-corrected chi connectivity index (χ3v) is 2.04. The first kappa shape index (κ1) is 13.0. The van der Waals surface area contributed by atoms with Gasteiger partial charge < -0.3 is 16.2 Å². The molecule has 0 aliphatic rings. The second-order valence-corrected chi connectivity index (χ2v) is 3.51. The van der Waals surface area contributed by atoms with E-state index in [0.29, 0.717) is 6.61 Å². The first-order valence-corrected chi connectivity index (χ1v) is 5.58. The first-order valence-electron chi connectivity index (χ1n) is 5.58. The summed E-state index contributed by atoms with van der Waals surface area (Å²) in [5, 5.41) is 7.31. The van der Waals surface area contributed by atoms with E-state index in [0.717, 1.165) is 24.2 Å². The number of benzene rings is 1. The molecule has 0 atom stereocenters. The fourth-order valence-electron chi connectivity index (χ4n) is 1.20. The van der Waals surface area contributed by atoms with Crippen molar-refractivity contribution in [2.45, 2.75) is 19.8 Å². The number of unbranched alkanes of at least 4 members (excludes halogenated alkanes) is 1. The highest BCUT2D eigenvalue weighted by atomic mass is 16.5. The van der Waals surface area contributed by atoms with Gasteiger partial charge in [-0.05, 0) is 18.6 Å². The average Bonchev–Trinajstić information content (AvgIpc) is 2.31. The van der Waals surface area contributed by atoms with Crippen LogP contribution in [0.25, 0.3) is 0 Å². The molecule has 1 aromatic rings. The van der Waals surface area contributed by atoms with E-state index in [1.54, 1.807) is 6.21 Å². The summed E-state index contributed by atoms with van der Waals surface area (Å²) >= 11 is 0. The predicted molar refractivity (Wildman–Crippen MR) is 70.2 cm³/mol. The summed E-state index contributed by atoms with van der Waals surface area (Å²) in [5.41, 5.74) is 11.2. The second-order valence-electron chi connectivity index (χ2n) is 3.51. The fraction of sp³-hybridized carbons (Fsp3) is 0.333. The molecule has 0 saturated carbocycles. The van der Waals surface area contributed by atoms with Crippen LogP contribution in [0.15, 0.2) is 34.5 Å². The summed E-state index contributed by atoms with van der Waals surface area (Å²) in [6.45, 7) is 2.82. The Labute approximate surface area is 101 Å². The number of ether oxygens (including phenoxy) is 1. The minimum atomic E-state index is -0.0642. The molecule has 0 bridgehead atoms. The molecule has 17 heavy (non-hydrogen) atoms. The number of guanidine groups is 1. The molecule has 0 aromatic heterocycles. The number of nitrogens with zero attached hydrogens (tertiary/aromatic N) is 2. The summed E-state index contributed by atoms with van der Waals surface area (Å²) in [7, 11) is 0. The van der Waals surface area contributed by atoms with Crippen LogP contribution in [0, 0.1) is 0 Å². The van der Waals surface area contributed by atoms with Gasteiger partial charge >= 0.3 is 0 Å². The average molecular weight is 234 g/mol. The van der Waals surface area contributed by atoms with Crippen LogP contribution in [0.1, 0.15) is 25.3 Å². The van der Waals surface area contributed by atoms with Crippen LogP contribution in [0.3, 0.4) is 0 Å². The van der Waals surface area contributed by atoms with E-state index in [9.17, 15) is 0 Å². The number of para-hydroxylation sites is 1. The zero-order valence-corrected chi connectivity index (χ0v) is 9.97. The summed E-state index contributed by atoms with van der Waals surface area (Å²) in [5.74, 6) is 0.723. The molecule has 0 saturated heterocycles. The number of rotatable bonds is 6. The summed E-state index contributed by atoms with van der Waals surface area (Å²) in [6, 6.07) is 7.61. The van der Waals surface area contributed by atoms with E-state index in [2.05, 4.69) is 17.1 Å². The van der Waals surface area contributed by atoms with Gasteiger partial charge in [0.25, 0.3) is 0 Å². The highest BCUT2D eigenvalue weighted by Crippen LogP contribution is 2.16. The Bertz CT molecular complexity index is 397. The Kier molecular flexibility index (Phi) is 5.57. The van der Waals surface area contributed by atoms with E-state index in [1.165, 1.54) is 0 Å². The van der Waals surface area contributed by atoms with Crippen molar-refractivity contribution in [1.82, 2.24) is 0 Å². The number of hydrogen-bond donors (Lipinski definition) is 2. The Hall–Kier alpha value is -2.04. The number of nitrogens with two attached hydrogens (primary N) is 2. The Morgan fingerprint density at radius 1 is 1.35 bits per heavy atom. The molecule has 0 radical (unpaired) electrons. The van der Waals surface area contributed by atoms with Gasteiger partial charge in [-0.2, -0.15) is 5.10 Å². The lowest BCUT2D eigenvalue weighted by molar-refractivity contribution is 0.309. The maximum atomic E-state index is 5.63. The summed E-state index contributed by atoms with van der Waals surface area (Å²) in [4.78, 5) is 0. The van der Waals surface area contributed by atoms with Crippen molar-refractivity contribution in [1.29, 1.82) is 0 Å². The molecular weight excluding hydrogens is 216 g/mol. The molecule has 0 spiro atoms. The quantitative estimate of drug-likeness (QED) is 0.338. The Balaban J connectivity index is 2.70. The monoisotopic (exact) mass is 234 g/mol. The van der Waals surface area contributed by atoms with Crippen molar-refractivity contribution in [3.8, 4) is 5.75 Å². The molecular formula is C12H18N4O. The summed E-state index contributed by atoms with van der Waals surface area (Å²) in [6.07, 6.45) is 3.70. The Morgan fingerprint density at radius 3 is 2.82 bits per heavy atom. The molecule has 4 N–H and O–H groups in total. The van der Waals surface area contributed by atoms with Crippen LogP contribution in [0.4, 0.5) is 0 Å². The standard InChI is InChI=1S/C12H18N4O/c1-2-3-8-17-11-7-5-4-6-10(11)9-15-16-12(13)14/h4-7,9H,2-3,8H2,1H3,(H4,13,14,16)/b15-9+. The minimum Gasteiger partial charge on any atom is -0.493 e. The zero-order valence-electron chi connectivity index (χ0n) is 9.97. The van der Waals surface area contributed by atoms with Gasteiger partial charge in [-0.25, -0.2) is 0 Å². The second kappa shape index (κ2) is 7.27. The molecule has 0 amide bonds. The first-order chi connectivity index (χ1) is 8.24. The molecule has 1 aromatic carbocycles. The molecule has 5 nitrogen and oxygen atoms in total. The highest BCUT2D eigenvalue weighted by Gasteiger charge is 1.99. The molecule has 0 unspecified atom stereocenters. The van der Waals surface area contributed by atoms with Crippen molar-refractivity contribution >= 4 is 12.2 Å². The fourth-order valence-corrected chi connectivity index (χ4v) is 1.20. The molecule has 1 rings (SSSR count). The zero-order chi connectivity index (χ0) is 12.5. The van der Waals surface area contributed by atoms with Crippen molar-refractivity contribution in [3.05, 3.63) is 29.8 Å². The van der Waals surface area contributed by atoms with Gasteiger partial charge in [-0.3, -0.25) is 0 Å². The Morgan fingerprint density at radius 2 is 2.12 bits per heavy atom. The lowest BCUT2D eigenvalue weighted by Crippen LogP contribution is -2.21. The third-order valence-electron chi connectivity index (χ3n) is 2.04. The molecule has 5 heteroatoms. The maximum absolute atomic E-state index is 5.63. The van der Waals surface area contributed by atoms with Crippen LogP contribution in [-0.2, 0) is 0 Å². The van der Waals surface area contributed by atoms with Crippen molar-refractivity contribution in [2.24, 2.45) is 21.7 Å². The van der Waals surface area contributed by atoms with E-state index in [1.807, 2.05) is 24.3 Å². The highest BCUT2D eigenvalue weighted by molar-refractivity contribution is 5.84. The SMILES string of the molecule is CCCCOc1ccccc1/C=N/N=C(N)N. The van der Waals surface area contributed by atoms with Gasteiger partial charge in [0.15, 0.2) is 0 Å². The normalized spacial score (nSPS) is 10.4. The predicted octanol–water partition coefficient (Wildman–Crippen LogP) is 1.47. The molecule has 0 aliphatic heterocycles. The van der Waals surface area contributed by atoms with Gasteiger partial charge in [-0.1, -0.05) is 25.5 Å².